The second-order valence-corrected chi connectivity index (χ2v) is 4.20. The van der Waals surface area contributed by atoms with Crippen LogP contribution >= 0.6 is 0 Å². The zero-order valence-electron chi connectivity index (χ0n) is 10.5. The van der Waals surface area contributed by atoms with Gasteiger partial charge in [-0.2, -0.15) is 5.10 Å². The number of anilines is 1. The highest BCUT2D eigenvalue weighted by atomic mass is 16.4. The van der Waals surface area contributed by atoms with E-state index in [1.165, 1.54) is 12.4 Å². The minimum Gasteiger partial charge on any atom is -0.478 e. The molecule has 19 heavy (non-hydrogen) atoms. The second kappa shape index (κ2) is 4.93. The van der Waals surface area contributed by atoms with E-state index in [4.69, 9.17) is 0 Å². The van der Waals surface area contributed by atoms with Crippen LogP contribution in [0.3, 0.4) is 0 Å². The third-order valence-corrected chi connectivity index (χ3v) is 2.82. The molecule has 0 aliphatic heterocycles. The molecule has 0 fully saturated rings. The summed E-state index contributed by atoms with van der Waals surface area (Å²) in [6.07, 6.45) is 2.97. The number of hydrogen-bond acceptors (Lipinski definition) is 3. The smallest absolute Gasteiger partial charge is 0.336 e. The van der Waals surface area contributed by atoms with Crippen LogP contribution in [0.1, 0.15) is 31.8 Å². The Bertz CT molecular complexity index is 633. The van der Waals surface area contributed by atoms with Gasteiger partial charge in [0, 0.05) is 6.20 Å². The Hall–Kier alpha value is -2.63. The van der Waals surface area contributed by atoms with Crippen molar-refractivity contribution in [2.75, 3.05) is 5.32 Å². The van der Waals surface area contributed by atoms with Crippen LogP contribution in [0.2, 0.25) is 0 Å². The highest BCUT2D eigenvalue weighted by Crippen LogP contribution is 2.20. The molecular formula is C13H13N3O3. The number of nitrogens with zero attached hydrogens (tertiary/aromatic N) is 1. The molecular weight excluding hydrogens is 246 g/mol. The Morgan fingerprint density at radius 1 is 1.21 bits per heavy atom. The van der Waals surface area contributed by atoms with Crippen LogP contribution in [0, 0.1) is 13.8 Å². The molecule has 1 aromatic heterocycles. The SMILES string of the molecule is Cc1ccc(C)c(C(=O)Nc2cn[nH]c2)c1C(=O)O. The summed E-state index contributed by atoms with van der Waals surface area (Å²) < 4.78 is 0. The zero-order chi connectivity index (χ0) is 14.0. The first-order valence-electron chi connectivity index (χ1n) is 5.64. The van der Waals surface area contributed by atoms with Crippen LogP contribution in [0.25, 0.3) is 0 Å². The van der Waals surface area contributed by atoms with Gasteiger partial charge < -0.3 is 10.4 Å². The molecule has 1 amide bonds. The van der Waals surface area contributed by atoms with Gasteiger partial charge in [-0.3, -0.25) is 9.89 Å². The third kappa shape index (κ3) is 2.47. The summed E-state index contributed by atoms with van der Waals surface area (Å²) in [7, 11) is 0. The molecule has 98 valence electrons. The molecule has 0 atom stereocenters. The van der Waals surface area contributed by atoms with Gasteiger partial charge in [0.15, 0.2) is 0 Å². The first-order chi connectivity index (χ1) is 9.00. The van der Waals surface area contributed by atoms with Crippen LogP contribution in [-0.2, 0) is 0 Å². The predicted molar refractivity (Wildman–Crippen MR) is 69.4 cm³/mol. The van der Waals surface area contributed by atoms with Crippen LogP contribution in [0.15, 0.2) is 24.5 Å². The van der Waals surface area contributed by atoms with Crippen molar-refractivity contribution < 1.29 is 14.7 Å². The van der Waals surface area contributed by atoms with Gasteiger partial charge in [0.25, 0.3) is 5.91 Å². The number of carboxylic acids is 1. The Balaban J connectivity index is 2.46. The van der Waals surface area contributed by atoms with Crippen LogP contribution in [0.4, 0.5) is 5.69 Å². The highest BCUT2D eigenvalue weighted by molar-refractivity contribution is 6.12. The summed E-state index contributed by atoms with van der Waals surface area (Å²) in [5, 5.41) is 18.1. The predicted octanol–water partition coefficient (Wildman–Crippen LogP) is 1.98. The van der Waals surface area contributed by atoms with Crippen molar-refractivity contribution >= 4 is 17.6 Å². The third-order valence-electron chi connectivity index (χ3n) is 2.82. The van der Waals surface area contributed by atoms with E-state index in [-0.39, 0.29) is 11.1 Å². The van der Waals surface area contributed by atoms with Crippen molar-refractivity contribution in [1.29, 1.82) is 0 Å². The minimum atomic E-state index is -1.11. The van der Waals surface area contributed by atoms with Crippen molar-refractivity contribution in [3.8, 4) is 0 Å². The van der Waals surface area contributed by atoms with Gasteiger partial charge in [-0.1, -0.05) is 12.1 Å². The van der Waals surface area contributed by atoms with Crippen molar-refractivity contribution in [3.63, 3.8) is 0 Å². The number of carboxylic acid groups (broad SMARTS) is 1. The first kappa shape index (κ1) is 12.8. The van der Waals surface area contributed by atoms with Crippen molar-refractivity contribution in [2.24, 2.45) is 0 Å². The minimum absolute atomic E-state index is 0.0287. The number of rotatable bonds is 3. The number of amides is 1. The van der Waals surface area contributed by atoms with Crippen molar-refractivity contribution in [1.82, 2.24) is 10.2 Å². The fourth-order valence-corrected chi connectivity index (χ4v) is 1.89. The summed E-state index contributed by atoms with van der Waals surface area (Å²) in [6.45, 7) is 3.37. The van der Waals surface area contributed by atoms with Gasteiger partial charge >= 0.3 is 5.97 Å². The summed E-state index contributed by atoms with van der Waals surface area (Å²) >= 11 is 0. The average molecular weight is 259 g/mol. The lowest BCUT2D eigenvalue weighted by molar-refractivity contribution is 0.0691. The first-order valence-corrected chi connectivity index (χ1v) is 5.64. The quantitative estimate of drug-likeness (QED) is 0.785. The lowest BCUT2D eigenvalue weighted by Gasteiger charge is -2.11. The van der Waals surface area contributed by atoms with E-state index in [0.29, 0.717) is 16.8 Å². The number of carbonyl (C=O) groups excluding carboxylic acids is 1. The monoisotopic (exact) mass is 259 g/mol. The Kier molecular flexibility index (Phi) is 3.33. The van der Waals surface area contributed by atoms with Gasteiger partial charge in [-0.25, -0.2) is 4.79 Å². The summed E-state index contributed by atoms with van der Waals surface area (Å²) in [5.41, 5.74) is 1.86. The molecule has 0 radical (unpaired) electrons. The number of aromatic nitrogens is 2. The fourth-order valence-electron chi connectivity index (χ4n) is 1.89. The van der Waals surface area contributed by atoms with Gasteiger partial charge in [0.1, 0.15) is 0 Å². The van der Waals surface area contributed by atoms with Crippen LogP contribution in [-0.4, -0.2) is 27.2 Å². The lowest BCUT2D eigenvalue weighted by Crippen LogP contribution is -2.18. The number of aromatic carboxylic acids is 1. The van der Waals surface area contributed by atoms with E-state index in [1.54, 1.807) is 26.0 Å². The molecule has 0 spiro atoms. The maximum Gasteiger partial charge on any atom is 0.336 e. The standard InChI is InChI=1S/C13H13N3O3/c1-7-3-4-8(2)11(13(18)19)10(7)12(17)16-9-5-14-15-6-9/h3-6H,1-2H3,(H,14,15)(H,16,17)(H,18,19). The van der Waals surface area contributed by atoms with Crippen molar-refractivity contribution in [2.45, 2.75) is 13.8 Å². The Labute approximate surface area is 109 Å². The van der Waals surface area contributed by atoms with Gasteiger partial charge in [0.05, 0.1) is 23.0 Å². The maximum atomic E-state index is 12.2. The number of hydrogen-bond donors (Lipinski definition) is 3. The van der Waals surface area contributed by atoms with E-state index >= 15 is 0 Å². The molecule has 6 nitrogen and oxygen atoms in total. The van der Waals surface area contributed by atoms with E-state index in [0.717, 1.165) is 0 Å². The number of aryl methyl sites for hydroxylation is 2. The number of carbonyl (C=O) groups is 2. The molecule has 0 aliphatic rings. The summed E-state index contributed by atoms with van der Waals surface area (Å²) in [5.74, 6) is -1.57. The van der Waals surface area contributed by atoms with Crippen LogP contribution < -0.4 is 5.32 Å². The second-order valence-electron chi connectivity index (χ2n) is 4.20. The molecule has 2 aromatic rings. The van der Waals surface area contributed by atoms with Crippen LogP contribution in [0.5, 0.6) is 0 Å². The normalized spacial score (nSPS) is 10.2. The molecule has 0 unspecified atom stereocenters. The highest BCUT2D eigenvalue weighted by Gasteiger charge is 2.21. The average Bonchev–Trinajstić information content (AvgIpc) is 2.83. The van der Waals surface area contributed by atoms with E-state index < -0.39 is 11.9 Å². The Morgan fingerprint density at radius 3 is 2.37 bits per heavy atom. The largest absolute Gasteiger partial charge is 0.478 e. The molecule has 0 saturated heterocycles. The van der Waals surface area contributed by atoms with E-state index in [2.05, 4.69) is 15.5 Å². The van der Waals surface area contributed by atoms with Gasteiger partial charge in [0.2, 0.25) is 0 Å². The topological polar surface area (TPSA) is 95.1 Å². The molecule has 0 bridgehead atoms. The maximum absolute atomic E-state index is 12.2. The zero-order valence-corrected chi connectivity index (χ0v) is 10.5. The molecule has 2 rings (SSSR count). The lowest BCUT2D eigenvalue weighted by atomic mass is 9.96. The molecule has 6 heteroatoms. The molecule has 0 aliphatic carbocycles. The molecule has 1 aromatic carbocycles. The number of nitrogens with one attached hydrogen (secondary N) is 2. The Morgan fingerprint density at radius 2 is 1.84 bits per heavy atom. The number of benzene rings is 1. The van der Waals surface area contributed by atoms with Gasteiger partial charge in [-0.05, 0) is 25.0 Å². The fraction of sp³-hybridized carbons (Fsp3) is 0.154. The molecule has 3 N–H and O–H groups in total. The van der Waals surface area contributed by atoms with E-state index in [1.807, 2.05) is 0 Å². The number of aromatic amines is 1. The molecule has 1 heterocycles. The summed E-state index contributed by atoms with van der Waals surface area (Å²) in [4.78, 5) is 23.5. The summed E-state index contributed by atoms with van der Waals surface area (Å²) in [6, 6.07) is 3.42. The molecule has 0 saturated carbocycles. The number of H-pyrrole nitrogens is 1. The van der Waals surface area contributed by atoms with E-state index in [9.17, 15) is 14.7 Å². The van der Waals surface area contributed by atoms with Gasteiger partial charge in [-0.15, -0.1) is 0 Å². The van der Waals surface area contributed by atoms with Crippen molar-refractivity contribution in [3.05, 3.63) is 46.8 Å².